The van der Waals surface area contributed by atoms with Crippen LogP contribution in [-0.4, -0.2) is 51.9 Å². The van der Waals surface area contributed by atoms with Crippen LogP contribution in [0.3, 0.4) is 0 Å². The van der Waals surface area contributed by atoms with Crippen molar-refractivity contribution >= 4 is 28.2 Å². The normalized spacial score (nSPS) is 13.4. The van der Waals surface area contributed by atoms with Crippen LogP contribution >= 0.6 is 0 Å². The van der Waals surface area contributed by atoms with E-state index in [0.717, 1.165) is 29.3 Å². The second kappa shape index (κ2) is 7.04. The van der Waals surface area contributed by atoms with Crippen LogP contribution in [0, 0.1) is 0 Å². The number of pyridine rings is 1. The number of rotatable bonds is 7. The van der Waals surface area contributed by atoms with Crippen LogP contribution in [0.25, 0.3) is 10.8 Å². The maximum Gasteiger partial charge on any atom is 0.325 e. The van der Waals surface area contributed by atoms with Crippen molar-refractivity contribution in [2.45, 2.75) is 18.9 Å². The second-order valence-electron chi connectivity index (χ2n) is 6.10. The first-order valence-electron chi connectivity index (χ1n) is 8.16. The van der Waals surface area contributed by atoms with Crippen molar-refractivity contribution in [3.8, 4) is 11.5 Å². The molecule has 0 atom stereocenters. The molecule has 0 radical (unpaired) electrons. The predicted octanol–water partition coefficient (Wildman–Crippen LogP) is 2.44. The summed E-state index contributed by atoms with van der Waals surface area (Å²) in [5, 5.41) is 5.28. The molecular weight excluding hydrogens is 322 g/mol. The zero-order chi connectivity index (χ0) is 18.0. The summed E-state index contributed by atoms with van der Waals surface area (Å²) in [5.41, 5.74) is 0.923. The number of methoxy groups -OCH3 is 3. The molecule has 0 spiro atoms. The first-order valence-corrected chi connectivity index (χ1v) is 8.16. The minimum absolute atomic E-state index is 0.105. The Bertz CT molecular complexity index is 789. The van der Waals surface area contributed by atoms with Crippen molar-refractivity contribution in [3.05, 3.63) is 18.3 Å². The van der Waals surface area contributed by atoms with Crippen LogP contribution in [0.4, 0.5) is 11.5 Å². The number of carbonyl (C=O) groups is 1. The quantitative estimate of drug-likeness (QED) is 0.773. The molecule has 0 aliphatic heterocycles. The van der Waals surface area contributed by atoms with Gasteiger partial charge in [0.1, 0.15) is 23.9 Å². The lowest BCUT2D eigenvalue weighted by Gasteiger charge is -2.21. The molecule has 0 saturated heterocycles. The lowest BCUT2D eigenvalue weighted by Crippen LogP contribution is -2.27. The van der Waals surface area contributed by atoms with E-state index in [2.05, 4.69) is 10.3 Å². The number of anilines is 2. The number of benzene rings is 1. The number of aromatic nitrogens is 1. The van der Waals surface area contributed by atoms with Crippen LogP contribution in [0.5, 0.6) is 11.5 Å². The van der Waals surface area contributed by atoms with E-state index >= 15 is 0 Å². The van der Waals surface area contributed by atoms with E-state index in [-0.39, 0.29) is 12.5 Å². The van der Waals surface area contributed by atoms with E-state index < -0.39 is 0 Å². The SMILES string of the molecule is COC(=O)CN(C)c1ncc(NC2CC2)c2c(OC)cc(OC)cc12. The fraction of sp³-hybridized carbons (Fsp3) is 0.444. The molecule has 1 fully saturated rings. The molecule has 1 heterocycles. The van der Waals surface area contributed by atoms with Crippen LogP contribution < -0.4 is 19.7 Å². The van der Waals surface area contributed by atoms with E-state index in [4.69, 9.17) is 14.2 Å². The smallest absolute Gasteiger partial charge is 0.325 e. The number of fused-ring (bicyclic) bond motifs is 1. The molecule has 1 aromatic heterocycles. The zero-order valence-electron chi connectivity index (χ0n) is 15.0. The number of likely N-dealkylation sites (N-methyl/N-ethyl adjacent to an activating group) is 1. The Morgan fingerprint density at radius 3 is 2.64 bits per heavy atom. The van der Waals surface area contributed by atoms with Gasteiger partial charge in [-0.1, -0.05) is 0 Å². The van der Waals surface area contributed by atoms with E-state index in [0.29, 0.717) is 23.4 Å². The van der Waals surface area contributed by atoms with Crippen molar-refractivity contribution in [2.75, 3.05) is 45.1 Å². The highest BCUT2D eigenvalue weighted by Gasteiger charge is 2.24. The minimum atomic E-state index is -0.326. The Labute approximate surface area is 146 Å². The van der Waals surface area contributed by atoms with Crippen molar-refractivity contribution in [1.29, 1.82) is 0 Å². The molecule has 1 N–H and O–H groups in total. The van der Waals surface area contributed by atoms with Gasteiger partial charge in [-0.3, -0.25) is 4.79 Å². The van der Waals surface area contributed by atoms with Gasteiger partial charge in [0.25, 0.3) is 0 Å². The average molecular weight is 345 g/mol. The summed E-state index contributed by atoms with van der Waals surface area (Å²) >= 11 is 0. The Morgan fingerprint density at radius 2 is 2.04 bits per heavy atom. The maximum absolute atomic E-state index is 11.6. The Kier molecular flexibility index (Phi) is 4.83. The molecule has 7 nitrogen and oxygen atoms in total. The maximum atomic E-state index is 11.6. The number of ether oxygens (including phenoxy) is 3. The van der Waals surface area contributed by atoms with Gasteiger partial charge < -0.3 is 24.4 Å². The summed E-state index contributed by atoms with van der Waals surface area (Å²) in [5.74, 6) is 1.71. The summed E-state index contributed by atoms with van der Waals surface area (Å²) in [6.45, 7) is 0.105. The highest BCUT2D eigenvalue weighted by atomic mass is 16.5. The molecule has 0 unspecified atom stereocenters. The Hall–Kier alpha value is -2.70. The van der Waals surface area contributed by atoms with Crippen molar-refractivity contribution in [2.24, 2.45) is 0 Å². The van der Waals surface area contributed by atoms with Gasteiger partial charge in [0.15, 0.2) is 0 Å². The first-order chi connectivity index (χ1) is 12.1. The first kappa shape index (κ1) is 17.1. The fourth-order valence-corrected chi connectivity index (χ4v) is 2.78. The second-order valence-corrected chi connectivity index (χ2v) is 6.10. The highest BCUT2D eigenvalue weighted by Crippen LogP contribution is 2.41. The molecule has 7 heteroatoms. The number of hydrogen-bond donors (Lipinski definition) is 1. The summed E-state index contributed by atoms with van der Waals surface area (Å²) < 4.78 is 15.7. The van der Waals surface area contributed by atoms with Crippen LogP contribution in [0.15, 0.2) is 18.3 Å². The zero-order valence-corrected chi connectivity index (χ0v) is 15.0. The van der Waals surface area contributed by atoms with E-state index in [1.54, 1.807) is 32.4 Å². The van der Waals surface area contributed by atoms with Crippen LogP contribution in [0.1, 0.15) is 12.8 Å². The monoisotopic (exact) mass is 345 g/mol. The average Bonchev–Trinajstić information content (AvgIpc) is 3.44. The number of nitrogens with one attached hydrogen (secondary N) is 1. The van der Waals surface area contributed by atoms with Crippen molar-refractivity contribution in [1.82, 2.24) is 4.98 Å². The Balaban J connectivity index is 2.15. The Morgan fingerprint density at radius 1 is 1.28 bits per heavy atom. The van der Waals surface area contributed by atoms with Gasteiger partial charge in [-0.25, -0.2) is 4.98 Å². The molecule has 134 valence electrons. The van der Waals surface area contributed by atoms with Crippen molar-refractivity contribution < 1.29 is 19.0 Å². The summed E-state index contributed by atoms with van der Waals surface area (Å²) in [4.78, 5) is 18.0. The molecule has 1 aromatic carbocycles. The molecule has 1 saturated carbocycles. The van der Waals surface area contributed by atoms with E-state index in [1.165, 1.54) is 7.11 Å². The van der Waals surface area contributed by atoms with Gasteiger partial charge in [0.05, 0.1) is 38.6 Å². The minimum Gasteiger partial charge on any atom is -0.497 e. The predicted molar refractivity (Wildman–Crippen MR) is 96.8 cm³/mol. The topological polar surface area (TPSA) is 72.9 Å². The lowest BCUT2D eigenvalue weighted by molar-refractivity contribution is -0.138. The van der Waals surface area contributed by atoms with Gasteiger partial charge >= 0.3 is 5.97 Å². The summed E-state index contributed by atoms with van der Waals surface area (Å²) in [7, 11) is 6.42. The third-order valence-corrected chi connectivity index (χ3v) is 4.25. The number of esters is 1. The van der Waals surface area contributed by atoms with Gasteiger partial charge in [-0.05, 0) is 18.9 Å². The lowest BCUT2D eigenvalue weighted by atomic mass is 10.1. The molecule has 1 aliphatic rings. The number of carbonyl (C=O) groups excluding carboxylic acids is 1. The molecule has 0 amide bonds. The molecular formula is C18H23N3O4. The highest BCUT2D eigenvalue weighted by molar-refractivity contribution is 6.05. The third kappa shape index (κ3) is 3.55. The molecule has 3 rings (SSSR count). The van der Waals surface area contributed by atoms with Crippen LogP contribution in [0.2, 0.25) is 0 Å². The summed E-state index contributed by atoms with van der Waals surface area (Å²) in [6.07, 6.45) is 4.10. The number of nitrogens with zero attached hydrogens (tertiary/aromatic N) is 2. The van der Waals surface area contributed by atoms with Gasteiger partial charge in [-0.15, -0.1) is 0 Å². The largest absolute Gasteiger partial charge is 0.497 e. The van der Waals surface area contributed by atoms with Crippen molar-refractivity contribution in [3.63, 3.8) is 0 Å². The number of hydrogen-bond acceptors (Lipinski definition) is 7. The van der Waals surface area contributed by atoms with Gasteiger partial charge in [-0.2, -0.15) is 0 Å². The molecule has 25 heavy (non-hydrogen) atoms. The van der Waals surface area contributed by atoms with E-state index in [1.807, 2.05) is 12.1 Å². The third-order valence-electron chi connectivity index (χ3n) is 4.25. The van der Waals surface area contributed by atoms with Gasteiger partial charge in [0.2, 0.25) is 0 Å². The summed E-state index contributed by atoms with van der Waals surface area (Å²) in [6, 6.07) is 4.24. The molecule has 1 aliphatic carbocycles. The molecule has 2 aromatic rings. The van der Waals surface area contributed by atoms with E-state index in [9.17, 15) is 4.79 Å². The van der Waals surface area contributed by atoms with Gasteiger partial charge in [0, 0.05) is 24.5 Å². The van der Waals surface area contributed by atoms with Crippen LogP contribution in [-0.2, 0) is 9.53 Å². The standard InChI is InChI=1S/C18H23N3O4/c1-21(10-16(22)25-4)18-13-7-12(23-2)8-15(24-3)17(13)14(9-19-18)20-11-5-6-11/h7-9,11,20H,5-6,10H2,1-4H3. The fourth-order valence-electron chi connectivity index (χ4n) is 2.78. The molecule has 0 bridgehead atoms.